The van der Waals surface area contributed by atoms with Gasteiger partial charge in [-0.05, 0) is 48.5 Å². The van der Waals surface area contributed by atoms with Crippen molar-refractivity contribution in [1.82, 2.24) is 5.43 Å². The normalized spacial score (nSPS) is 13.7. The van der Waals surface area contributed by atoms with E-state index in [1.165, 1.54) is 35.2 Å². The number of anilines is 3. The van der Waals surface area contributed by atoms with Crippen molar-refractivity contribution < 1.29 is 14.0 Å². The molecule has 0 radical (unpaired) electrons. The quantitative estimate of drug-likeness (QED) is 0.502. The van der Waals surface area contributed by atoms with Gasteiger partial charge < -0.3 is 10.7 Å². The second-order valence-electron chi connectivity index (χ2n) is 7.26. The Kier molecular flexibility index (Phi) is 5.28. The maximum Gasteiger partial charge on any atom is 0.263 e. The van der Waals surface area contributed by atoms with E-state index in [4.69, 9.17) is 23.2 Å². The zero-order valence-electron chi connectivity index (χ0n) is 16.9. The molecule has 3 aromatic carbocycles. The van der Waals surface area contributed by atoms with Gasteiger partial charge in [0.1, 0.15) is 5.82 Å². The first-order chi connectivity index (χ1) is 15.9. The minimum absolute atomic E-state index is 0.00769. The number of fused-ring (bicyclic) bond motifs is 3. The fraction of sp³-hybridized carbons (Fsp3) is 0. The first-order valence-electron chi connectivity index (χ1n) is 9.86. The van der Waals surface area contributed by atoms with Crippen LogP contribution >= 0.6 is 23.2 Å². The number of halogens is 3. The maximum absolute atomic E-state index is 14.0. The third-order valence-electron chi connectivity index (χ3n) is 5.23. The lowest BCUT2D eigenvalue weighted by molar-refractivity contribution is 0.0995. The van der Waals surface area contributed by atoms with Gasteiger partial charge in [0.2, 0.25) is 0 Å². The summed E-state index contributed by atoms with van der Waals surface area (Å²) >= 11 is 12.4. The molecule has 164 valence electrons. The summed E-state index contributed by atoms with van der Waals surface area (Å²) in [6.45, 7) is 0. The fourth-order valence-electron chi connectivity index (χ4n) is 3.69. The Labute approximate surface area is 198 Å². The molecule has 2 N–H and O–H groups in total. The van der Waals surface area contributed by atoms with Gasteiger partial charge in [-0.2, -0.15) is 0 Å². The molecular formula is C24H15Cl2FN4O2. The molecule has 0 unspecified atom stereocenters. The molecule has 0 bridgehead atoms. The highest BCUT2D eigenvalue weighted by molar-refractivity contribution is 6.36. The Morgan fingerprint density at radius 1 is 0.939 bits per heavy atom. The van der Waals surface area contributed by atoms with Gasteiger partial charge in [-0.3, -0.25) is 19.5 Å². The topological polar surface area (TPSA) is 64.7 Å². The lowest BCUT2D eigenvalue weighted by Gasteiger charge is -2.33. The summed E-state index contributed by atoms with van der Waals surface area (Å²) in [7, 11) is 0. The van der Waals surface area contributed by atoms with E-state index in [9.17, 15) is 14.0 Å². The van der Waals surface area contributed by atoms with Crippen molar-refractivity contribution in [2.24, 2.45) is 0 Å². The molecule has 5 rings (SSSR count). The monoisotopic (exact) mass is 480 g/mol. The number of benzene rings is 3. The van der Waals surface area contributed by atoms with Crippen LogP contribution in [0.3, 0.4) is 0 Å². The minimum Gasteiger partial charge on any atom is -0.322 e. The lowest BCUT2D eigenvalue weighted by Crippen LogP contribution is -2.37. The smallest absolute Gasteiger partial charge is 0.263 e. The van der Waals surface area contributed by atoms with Crippen LogP contribution in [0.5, 0.6) is 0 Å². The van der Waals surface area contributed by atoms with E-state index in [0.29, 0.717) is 11.4 Å². The van der Waals surface area contributed by atoms with Crippen LogP contribution in [0.4, 0.5) is 21.5 Å². The summed E-state index contributed by atoms with van der Waals surface area (Å²) in [6.07, 6.45) is 5.35. The Bertz CT molecular complexity index is 1350. The van der Waals surface area contributed by atoms with E-state index in [-0.39, 0.29) is 27.1 Å². The van der Waals surface area contributed by atoms with Gasteiger partial charge in [-0.1, -0.05) is 41.4 Å². The number of allylic oxidation sites excluding steroid dienone is 1. The van der Waals surface area contributed by atoms with Crippen molar-refractivity contribution in [3.05, 3.63) is 112 Å². The number of hydrogen-bond donors (Lipinski definition) is 2. The van der Waals surface area contributed by atoms with Crippen molar-refractivity contribution in [3.63, 3.8) is 0 Å². The molecule has 0 atom stereocenters. The molecule has 2 heterocycles. The van der Waals surface area contributed by atoms with Gasteiger partial charge in [0, 0.05) is 18.1 Å². The third kappa shape index (κ3) is 3.71. The number of para-hydroxylation sites is 2. The molecule has 2 aliphatic rings. The van der Waals surface area contributed by atoms with Gasteiger partial charge in [0.15, 0.2) is 0 Å². The number of carbonyl (C=O) groups excluding carboxylic acids is 2. The van der Waals surface area contributed by atoms with E-state index in [1.54, 1.807) is 12.4 Å². The first kappa shape index (κ1) is 21.1. The highest BCUT2D eigenvalue weighted by Gasteiger charge is 2.30. The van der Waals surface area contributed by atoms with Crippen LogP contribution in [0.1, 0.15) is 20.7 Å². The van der Waals surface area contributed by atoms with Crippen LogP contribution in [0.15, 0.2) is 84.8 Å². The number of nitrogens with one attached hydrogen (secondary N) is 2. The summed E-state index contributed by atoms with van der Waals surface area (Å²) in [5.74, 6) is -1.79. The van der Waals surface area contributed by atoms with Crippen molar-refractivity contribution in [2.45, 2.75) is 0 Å². The zero-order valence-corrected chi connectivity index (χ0v) is 18.4. The molecule has 0 fully saturated rings. The number of hydrazine groups is 1. The average molecular weight is 481 g/mol. The molecule has 0 aromatic heterocycles. The van der Waals surface area contributed by atoms with E-state index >= 15 is 0 Å². The number of hydrogen-bond acceptors (Lipinski definition) is 4. The highest BCUT2D eigenvalue weighted by atomic mass is 35.5. The van der Waals surface area contributed by atoms with Crippen LogP contribution in [0.25, 0.3) is 0 Å². The van der Waals surface area contributed by atoms with Gasteiger partial charge in [-0.15, -0.1) is 0 Å². The number of amides is 2. The molecule has 2 amide bonds. The van der Waals surface area contributed by atoms with Crippen molar-refractivity contribution in [2.75, 3.05) is 15.2 Å². The SMILES string of the molecule is O=C(Nc1ccc(C(=O)N2C=C3C=CNN3c3ccccc32)c(Cl)c1)c1c(F)cccc1Cl. The first-order valence-corrected chi connectivity index (χ1v) is 10.6. The van der Waals surface area contributed by atoms with Crippen LogP contribution in [0.2, 0.25) is 10.0 Å². The Hall–Kier alpha value is -3.81. The minimum atomic E-state index is -0.737. The molecule has 0 saturated carbocycles. The highest BCUT2D eigenvalue weighted by Crippen LogP contribution is 2.38. The predicted molar refractivity (Wildman–Crippen MR) is 127 cm³/mol. The second-order valence-corrected chi connectivity index (χ2v) is 8.08. The molecule has 2 aliphatic heterocycles. The van der Waals surface area contributed by atoms with Crippen LogP contribution in [-0.2, 0) is 0 Å². The molecule has 0 spiro atoms. The molecule has 6 nitrogen and oxygen atoms in total. The second kappa shape index (κ2) is 8.27. The zero-order chi connectivity index (χ0) is 23.1. The Balaban J connectivity index is 1.43. The fourth-order valence-corrected chi connectivity index (χ4v) is 4.20. The van der Waals surface area contributed by atoms with Crippen molar-refractivity contribution in [3.8, 4) is 0 Å². The molecule has 33 heavy (non-hydrogen) atoms. The van der Waals surface area contributed by atoms with Crippen molar-refractivity contribution >= 4 is 52.1 Å². The van der Waals surface area contributed by atoms with Crippen LogP contribution in [-0.4, -0.2) is 11.8 Å². The molecule has 9 heteroatoms. The third-order valence-corrected chi connectivity index (χ3v) is 5.85. The summed E-state index contributed by atoms with van der Waals surface area (Å²) in [6, 6.07) is 15.9. The van der Waals surface area contributed by atoms with Gasteiger partial charge >= 0.3 is 0 Å². The summed E-state index contributed by atoms with van der Waals surface area (Å²) < 4.78 is 14.0. The molecular weight excluding hydrogens is 466 g/mol. The molecule has 3 aromatic rings. The average Bonchev–Trinajstić information content (AvgIpc) is 3.27. The number of rotatable bonds is 3. The molecule has 0 saturated heterocycles. The summed E-state index contributed by atoms with van der Waals surface area (Å²) in [5.41, 5.74) is 5.69. The largest absolute Gasteiger partial charge is 0.322 e. The van der Waals surface area contributed by atoms with Crippen molar-refractivity contribution in [1.29, 1.82) is 0 Å². The Morgan fingerprint density at radius 3 is 2.48 bits per heavy atom. The number of carbonyl (C=O) groups is 2. The van der Waals surface area contributed by atoms with Gasteiger partial charge in [-0.25, -0.2) is 4.39 Å². The summed E-state index contributed by atoms with van der Waals surface area (Å²) in [4.78, 5) is 27.4. The van der Waals surface area contributed by atoms with Gasteiger partial charge in [0.25, 0.3) is 11.8 Å². The van der Waals surface area contributed by atoms with Crippen LogP contribution < -0.4 is 20.7 Å². The Morgan fingerprint density at radius 2 is 1.73 bits per heavy atom. The number of nitrogens with zero attached hydrogens (tertiary/aromatic N) is 2. The van der Waals surface area contributed by atoms with E-state index in [1.807, 2.05) is 35.4 Å². The summed E-state index contributed by atoms with van der Waals surface area (Å²) in [5, 5.41) is 4.56. The van der Waals surface area contributed by atoms with E-state index < -0.39 is 11.7 Å². The standard InChI is InChI=1S/C24H15Cl2FN4O2/c25-17-4-3-5-19(27)22(17)23(32)29-14-8-9-16(18(26)12-14)24(33)30-13-15-10-11-28-31(15)21-7-2-1-6-20(21)30/h1-13,28H,(H,29,32). The molecule has 0 aliphatic carbocycles. The lowest BCUT2D eigenvalue weighted by atomic mass is 10.1. The van der Waals surface area contributed by atoms with E-state index in [0.717, 1.165) is 17.5 Å². The maximum atomic E-state index is 14.0. The predicted octanol–water partition coefficient (Wildman–Crippen LogP) is 5.72. The van der Waals surface area contributed by atoms with Crippen LogP contribution in [0, 0.1) is 5.82 Å². The van der Waals surface area contributed by atoms with Gasteiger partial charge in [0.05, 0.1) is 38.2 Å². The van der Waals surface area contributed by atoms with E-state index in [2.05, 4.69) is 10.7 Å².